The summed E-state index contributed by atoms with van der Waals surface area (Å²) in [6.07, 6.45) is -4.18. The third-order valence-electron chi connectivity index (χ3n) is 4.44. The molecule has 6 N–H and O–H groups in total. The van der Waals surface area contributed by atoms with E-state index in [4.69, 9.17) is 24.1 Å². The molecule has 1 aromatic rings. The van der Waals surface area contributed by atoms with Gasteiger partial charge in [0.05, 0.1) is 33.5 Å². The van der Waals surface area contributed by atoms with E-state index in [0.717, 1.165) is 5.56 Å². The average Bonchev–Trinajstić information content (AvgIpc) is 2.73. The molecule has 0 bridgehead atoms. The summed E-state index contributed by atoms with van der Waals surface area (Å²) in [5.41, 5.74) is 0.779. The van der Waals surface area contributed by atoms with E-state index in [2.05, 4.69) is 0 Å². The molecule has 1 fully saturated rings. The van der Waals surface area contributed by atoms with Crippen molar-refractivity contribution >= 4 is 6.08 Å². The van der Waals surface area contributed by atoms with Crippen molar-refractivity contribution in [2.45, 2.75) is 36.8 Å². The second kappa shape index (κ2) is 11.4. The Morgan fingerprint density at radius 1 is 1.14 bits per heavy atom. The Morgan fingerprint density at radius 2 is 1.90 bits per heavy atom. The molecule has 0 spiro atoms. The van der Waals surface area contributed by atoms with Gasteiger partial charge in [0, 0.05) is 0 Å². The molecule has 1 aromatic carbocycles. The fourth-order valence-corrected chi connectivity index (χ4v) is 2.73. The van der Waals surface area contributed by atoms with Gasteiger partial charge in [0.15, 0.2) is 17.8 Å². The first-order chi connectivity index (χ1) is 13.9. The molecule has 6 atom stereocenters. The van der Waals surface area contributed by atoms with E-state index in [0.29, 0.717) is 5.75 Å². The van der Waals surface area contributed by atoms with Crippen molar-refractivity contribution in [1.29, 1.82) is 0 Å². The zero-order valence-corrected chi connectivity index (χ0v) is 16.0. The first kappa shape index (κ1) is 23.5. The Hall–Kier alpha value is -1.76. The van der Waals surface area contributed by atoms with Crippen LogP contribution >= 0.6 is 0 Å². The quantitative estimate of drug-likeness (QED) is 0.268. The van der Waals surface area contributed by atoms with E-state index in [1.807, 2.05) is 0 Å². The molecule has 1 aliphatic rings. The van der Waals surface area contributed by atoms with E-state index in [1.165, 1.54) is 13.2 Å². The fourth-order valence-electron chi connectivity index (χ4n) is 2.73. The standard InChI is InChI=1S/C19H28O10/c1-26-14-7-11(4-5-13(14)22)3-2-6-27-12(8-20)10-28-19-18(25)17(24)16(23)15(9-21)29-19/h2-5,7,12,15-25H,6,8-10H2,1H3/t12-,15-,16-,17+,18-,19+/m1/s1. The molecule has 0 radical (unpaired) electrons. The van der Waals surface area contributed by atoms with Gasteiger partial charge in [-0.3, -0.25) is 0 Å². The molecule has 10 heteroatoms. The Kier molecular flexibility index (Phi) is 9.27. The Balaban J connectivity index is 1.81. The molecule has 10 nitrogen and oxygen atoms in total. The topological polar surface area (TPSA) is 158 Å². The van der Waals surface area contributed by atoms with Crippen molar-refractivity contribution < 1.29 is 49.6 Å². The molecule has 2 rings (SSSR count). The molecule has 0 saturated carbocycles. The maximum atomic E-state index is 9.93. The van der Waals surface area contributed by atoms with Gasteiger partial charge in [0.2, 0.25) is 0 Å². The van der Waals surface area contributed by atoms with Crippen LogP contribution in [0.1, 0.15) is 5.56 Å². The van der Waals surface area contributed by atoms with Crippen LogP contribution in [-0.2, 0) is 14.2 Å². The number of hydrogen-bond donors (Lipinski definition) is 6. The lowest BCUT2D eigenvalue weighted by Gasteiger charge is -2.39. The number of methoxy groups -OCH3 is 1. The van der Waals surface area contributed by atoms with Gasteiger partial charge in [-0.05, 0) is 17.7 Å². The van der Waals surface area contributed by atoms with Crippen LogP contribution in [0.15, 0.2) is 24.3 Å². The number of benzene rings is 1. The van der Waals surface area contributed by atoms with Crippen molar-refractivity contribution in [3.05, 3.63) is 29.8 Å². The maximum Gasteiger partial charge on any atom is 0.186 e. The van der Waals surface area contributed by atoms with Crippen LogP contribution in [0, 0.1) is 0 Å². The van der Waals surface area contributed by atoms with E-state index in [-0.39, 0.29) is 25.6 Å². The SMILES string of the molecule is COc1cc(C=CCO[C@H](CO)CO[C@H]2O[C@H](CO)[C@@H](O)[C@H](O)[C@H]2O)ccc1O. The minimum Gasteiger partial charge on any atom is -0.504 e. The molecular weight excluding hydrogens is 388 g/mol. The van der Waals surface area contributed by atoms with Gasteiger partial charge in [-0.15, -0.1) is 0 Å². The molecule has 0 aromatic heterocycles. The number of aliphatic hydroxyl groups excluding tert-OH is 5. The van der Waals surface area contributed by atoms with E-state index >= 15 is 0 Å². The van der Waals surface area contributed by atoms with Crippen LogP contribution in [0.3, 0.4) is 0 Å². The first-order valence-electron chi connectivity index (χ1n) is 9.09. The van der Waals surface area contributed by atoms with E-state index in [1.54, 1.807) is 24.3 Å². The van der Waals surface area contributed by atoms with Crippen molar-refractivity contribution in [2.24, 2.45) is 0 Å². The zero-order chi connectivity index (χ0) is 21.4. The highest BCUT2D eigenvalue weighted by atomic mass is 16.7. The smallest absolute Gasteiger partial charge is 0.186 e. The summed E-state index contributed by atoms with van der Waals surface area (Å²) in [6.45, 7) is -0.928. The van der Waals surface area contributed by atoms with Gasteiger partial charge in [0.25, 0.3) is 0 Å². The highest BCUT2D eigenvalue weighted by Crippen LogP contribution is 2.26. The van der Waals surface area contributed by atoms with E-state index in [9.17, 15) is 25.5 Å². The molecular formula is C19H28O10. The van der Waals surface area contributed by atoms with Gasteiger partial charge in [-0.1, -0.05) is 18.2 Å². The number of phenolic OH excluding ortho intramolecular Hbond substituents is 1. The lowest BCUT2D eigenvalue weighted by atomic mass is 9.99. The predicted octanol–water partition coefficient (Wildman–Crippen LogP) is -1.39. The Morgan fingerprint density at radius 3 is 2.55 bits per heavy atom. The van der Waals surface area contributed by atoms with Gasteiger partial charge >= 0.3 is 0 Å². The summed E-state index contributed by atoms with van der Waals surface area (Å²) in [7, 11) is 1.45. The second-order valence-corrected chi connectivity index (χ2v) is 6.50. The summed E-state index contributed by atoms with van der Waals surface area (Å²) >= 11 is 0. The number of phenols is 1. The number of aromatic hydroxyl groups is 1. The summed E-state index contributed by atoms with van der Waals surface area (Å²) in [5.74, 6) is 0.376. The van der Waals surface area contributed by atoms with Crippen molar-refractivity contribution in [1.82, 2.24) is 0 Å². The Bertz CT molecular complexity index is 650. The van der Waals surface area contributed by atoms with Crippen molar-refractivity contribution in [2.75, 3.05) is 33.5 Å². The molecule has 0 unspecified atom stereocenters. The van der Waals surface area contributed by atoms with Crippen LogP contribution in [0.25, 0.3) is 6.08 Å². The third-order valence-corrected chi connectivity index (χ3v) is 4.44. The highest BCUT2D eigenvalue weighted by molar-refractivity contribution is 5.55. The van der Waals surface area contributed by atoms with Gasteiger partial charge < -0.3 is 49.6 Å². The van der Waals surface area contributed by atoms with Crippen LogP contribution in [0.5, 0.6) is 11.5 Å². The summed E-state index contributed by atoms with van der Waals surface area (Å²) in [5, 5.41) is 57.6. The van der Waals surface area contributed by atoms with Crippen LogP contribution < -0.4 is 4.74 Å². The zero-order valence-electron chi connectivity index (χ0n) is 16.0. The lowest BCUT2D eigenvalue weighted by molar-refractivity contribution is -0.305. The number of hydrogen-bond acceptors (Lipinski definition) is 10. The number of rotatable bonds is 10. The largest absolute Gasteiger partial charge is 0.504 e. The van der Waals surface area contributed by atoms with Crippen LogP contribution in [0.4, 0.5) is 0 Å². The van der Waals surface area contributed by atoms with Gasteiger partial charge in [-0.2, -0.15) is 0 Å². The molecule has 164 valence electrons. The lowest BCUT2D eigenvalue weighted by Crippen LogP contribution is -2.59. The molecule has 29 heavy (non-hydrogen) atoms. The first-order valence-corrected chi connectivity index (χ1v) is 9.09. The highest BCUT2D eigenvalue weighted by Gasteiger charge is 2.44. The van der Waals surface area contributed by atoms with Crippen molar-refractivity contribution in [3.63, 3.8) is 0 Å². The minimum atomic E-state index is -1.54. The maximum absolute atomic E-state index is 9.93. The van der Waals surface area contributed by atoms with Gasteiger partial charge in [-0.25, -0.2) is 0 Å². The van der Waals surface area contributed by atoms with Crippen LogP contribution in [0.2, 0.25) is 0 Å². The molecule has 0 amide bonds. The fraction of sp³-hybridized carbons (Fsp3) is 0.579. The van der Waals surface area contributed by atoms with Crippen molar-refractivity contribution in [3.8, 4) is 11.5 Å². The average molecular weight is 416 g/mol. The second-order valence-electron chi connectivity index (χ2n) is 6.50. The van der Waals surface area contributed by atoms with Gasteiger partial charge in [0.1, 0.15) is 30.5 Å². The monoisotopic (exact) mass is 416 g/mol. The predicted molar refractivity (Wildman–Crippen MR) is 100 cm³/mol. The summed E-state index contributed by atoms with van der Waals surface area (Å²) in [4.78, 5) is 0. The third kappa shape index (κ3) is 6.36. The number of ether oxygens (including phenoxy) is 4. The van der Waals surface area contributed by atoms with Crippen LogP contribution in [-0.4, -0.2) is 101 Å². The minimum absolute atomic E-state index is 0.0339. The molecule has 1 saturated heterocycles. The molecule has 1 heterocycles. The summed E-state index contributed by atoms with van der Waals surface area (Å²) < 4.78 is 21.1. The summed E-state index contributed by atoms with van der Waals surface area (Å²) in [6, 6.07) is 4.85. The number of aliphatic hydroxyl groups is 5. The molecule has 1 aliphatic heterocycles. The normalized spacial score (nSPS) is 28.6. The van der Waals surface area contributed by atoms with E-state index < -0.39 is 43.4 Å². The molecule has 0 aliphatic carbocycles. The Labute approximate surface area is 168 Å².